The molecule has 2 N–H and O–H groups in total. The molecule has 0 spiro atoms. The fraction of sp³-hybridized carbons (Fsp3) is 0.171. The summed E-state index contributed by atoms with van der Waals surface area (Å²) in [6.45, 7) is 1.20. The molecule has 0 saturated carbocycles. The molecule has 5 amide bonds. The number of nitrogens with two attached hydrogens (primary N) is 1. The molecule has 0 unspecified atom stereocenters. The van der Waals surface area contributed by atoms with Crippen LogP contribution in [-0.4, -0.2) is 62.4 Å². The topological polar surface area (TPSA) is 126 Å². The normalized spacial score (nSPS) is 10.5. The van der Waals surface area contributed by atoms with Crippen LogP contribution in [0.1, 0.15) is 11.1 Å². The van der Waals surface area contributed by atoms with Crippen LogP contribution in [-0.2, 0) is 21.0 Å². The quantitative estimate of drug-likeness (QED) is 0.145. The van der Waals surface area contributed by atoms with E-state index in [0.29, 0.717) is 35.1 Å². The van der Waals surface area contributed by atoms with Crippen LogP contribution in [0, 0.1) is 6.92 Å². The lowest BCUT2D eigenvalue weighted by atomic mass is 10.2. The molecule has 52 heavy (non-hydrogen) atoms. The molecule has 0 aliphatic rings. The molecule has 0 radical (unpaired) electrons. The Kier molecular flexibility index (Phi) is 12.2. The van der Waals surface area contributed by atoms with Gasteiger partial charge in [0, 0.05) is 37.6 Å². The molecule has 0 aromatic heterocycles. The number of hydrogen-bond acceptors (Lipinski definition) is 6. The van der Waals surface area contributed by atoms with Crippen LogP contribution in [0.15, 0.2) is 133 Å². The average Bonchev–Trinajstić information content (AvgIpc) is 3.16. The number of carbonyl (C=O) groups is 4. The minimum absolute atomic E-state index is 0.280. The summed E-state index contributed by atoms with van der Waals surface area (Å²) in [5.41, 5.74) is 9.32. The van der Waals surface area contributed by atoms with Crippen LogP contribution >= 0.6 is 0 Å². The molecule has 0 fully saturated rings. The summed E-state index contributed by atoms with van der Waals surface area (Å²) < 4.78 is 11.6. The molecule has 5 aromatic carbocycles. The van der Waals surface area contributed by atoms with E-state index in [2.05, 4.69) is 0 Å². The Labute approximate surface area is 303 Å². The van der Waals surface area contributed by atoms with Crippen molar-refractivity contribution in [2.24, 2.45) is 5.73 Å². The second-order valence-corrected chi connectivity index (χ2v) is 12.1. The maximum Gasteiger partial charge on any atom is 0.329 e. The number of hydrogen-bond donors (Lipinski definition) is 1. The summed E-state index contributed by atoms with van der Waals surface area (Å²) in [6.07, 6.45) is 0. The molecule has 0 saturated heterocycles. The van der Waals surface area contributed by atoms with E-state index >= 15 is 0 Å². The van der Waals surface area contributed by atoms with Gasteiger partial charge in [-0.3, -0.25) is 19.3 Å². The van der Waals surface area contributed by atoms with Crippen LogP contribution in [0.2, 0.25) is 0 Å². The smallest absolute Gasteiger partial charge is 0.329 e. The van der Waals surface area contributed by atoms with Gasteiger partial charge < -0.3 is 29.9 Å². The molecule has 0 aliphatic heterocycles. The number of nitrogens with zero attached hydrogens (tertiary/aromatic N) is 4. The first kappa shape index (κ1) is 36.7. The van der Waals surface area contributed by atoms with Gasteiger partial charge in [-0.05, 0) is 66.6 Å². The minimum atomic E-state index is -0.662. The van der Waals surface area contributed by atoms with Crippen LogP contribution in [0.3, 0.4) is 0 Å². The number of primary amides is 1. The van der Waals surface area contributed by atoms with E-state index in [0.717, 1.165) is 11.1 Å². The Morgan fingerprint density at radius 1 is 0.596 bits per heavy atom. The van der Waals surface area contributed by atoms with Crippen LogP contribution in [0.5, 0.6) is 11.5 Å². The van der Waals surface area contributed by atoms with E-state index in [1.807, 2.05) is 85.8 Å². The summed E-state index contributed by atoms with van der Waals surface area (Å²) in [4.78, 5) is 59.0. The van der Waals surface area contributed by atoms with Crippen molar-refractivity contribution >= 4 is 46.5 Å². The molecular formula is C41H41N5O6. The number of likely N-dealkylation sites (N-methyl/N-ethyl adjacent to an activating group) is 2. The standard InChI is InChI=1S/C41H41N5O6/c1-30-13-10-19-34(23-30)46(35-20-12-22-37(25-35)51-28-31-14-6-4-7-15-31)41(50)43(2)26-40(49)45(27-39(48)44(3)32-16-8-5-9-17-32)33-18-11-21-36(24-33)52-29-38(42)47/h4-25H,26-29H2,1-3H3,(H2,42,47). The lowest BCUT2D eigenvalue weighted by Crippen LogP contribution is -2.48. The predicted molar refractivity (Wildman–Crippen MR) is 202 cm³/mol. The highest BCUT2D eigenvalue weighted by Gasteiger charge is 2.28. The van der Waals surface area contributed by atoms with Crippen LogP contribution in [0.4, 0.5) is 27.5 Å². The molecule has 11 nitrogen and oxygen atoms in total. The number of amides is 5. The van der Waals surface area contributed by atoms with Gasteiger partial charge in [0.05, 0.1) is 11.4 Å². The summed E-state index contributed by atoms with van der Waals surface area (Å²) in [5, 5.41) is 0. The number of urea groups is 1. The third kappa shape index (κ3) is 9.75. The van der Waals surface area contributed by atoms with Gasteiger partial charge >= 0.3 is 6.03 Å². The third-order valence-corrected chi connectivity index (χ3v) is 8.10. The second-order valence-electron chi connectivity index (χ2n) is 12.1. The number of rotatable bonds is 14. The zero-order chi connectivity index (χ0) is 37.0. The van der Waals surface area contributed by atoms with Crippen molar-refractivity contribution in [3.63, 3.8) is 0 Å². The highest BCUT2D eigenvalue weighted by Crippen LogP contribution is 2.31. The number of para-hydroxylation sites is 1. The largest absolute Gasteiger partial charge is 0.489 e. The van der Waals surface area contributed by atoms with Gasteiger partial charge in [-0.25, -0.2) is 4.79 Å². The van der Waals surface area contributed by atoms with Crippen molar-refractivity contribution in [3.8, 4) is 11.5 Å². The van der Waals surface area contributed by atoms with E-state index in [9.17, 15) is 19.2 Å². The fourth-order valence-electron chi connectivity index (χ4n) is 5.37. The molecule has 0 aliphatic carbocycles. The maximum absolute atomic E-state index is 14.4. The monoisotopic (exact) mass is 699 g/mol. The first-order valence-corrected chi connectivity index (χ1v) is 16.6. The summed E-state index contributed by atoms with van der Waals surface area (Å²) >= 11 is 0. The Bertz CT molecular complexity index is 2010. The van der Waals surface area contributed by atoms with Crippen molar-refractivity contribution in [1.82, 2.24) is 4.90 Å². The minimum Gasteiger partial charge on any atom is -0.489 e. The molecule has 0 atom stereocenters. The van der Waals surface area contributed by atoms with E-state index < -0.39 is 17.8 Å². The second kappa shape index (κ2) is 17.3. The highest BCUT2D eigenvalue weighted by atomic mass is 16.5. The van der Waals surface area contributed by atoms with Gasteiger partial charge in [-0.1, -0.05) is 72.8 Å². The van der Waals surface area contributed by atoms with Gasteiger partial charge in [0.25, 0.3) is 5.91 Å². The van der Waals surface area contributed by atoms with Crippen molar-refractivity contribution in [2.45, 2.75) is 13.5 Å². The summed E-state index contributed by atoms with van der Waals surface area (Å²) in [7, 11) is 3.15. The first-order valence-electron chi connectivity index (χ1n) is 16.6. The fourth-order valence-corrected chi connectivity index (χ4v) is 5.37. The van der Waals surface area contributed by atoms with Gasteiger partial charge in [-0.15, -0.1) is 0 Å². The average molecular weight is 700 g/mol. The Morgan fingerprint density at radius 3 is 1.81 bits per heavy atom. The number of benzene rings is 5. The van der Waals surface area contributed by atoms with Crippen molar-refractivity contribution in [2.75, 3.05) is 48.5 Å². The van der Waals surface area contributed by atoms with Crippen LogP contribution in [0.25, 0.3) is 0 Å². The molecule has 266 valence electrons. The lowest BCUT2D eigenvalue weighted by Gasteiger charge is -2.31. The van der Waals surface area contributed by atoms with Crippen molar-refractivity contribution in [3.05, 3.63) is 145 Å². The van der Waals surface area contributed by atoms with Gasteiger partial charge in [-0.2, -0.15) is 0 Å². The first-order chi connectivity index (χ1) is 25.1. The molecule has 0 heterocycles. The third-order valence-electron chi connectivity index (χ3n) is 8.10. The number of carbonyl (C=O) groups excluding carboxylic acids is 4. The summed E-state index contributed by atoms with van der Waals surface area (Å²) in [5.74, 6) is -0.712. The molecular weight excluding hydrogens is 658 g/mol. The Morgan fingerprint density at radius 2 is 1.15 bits per heavy atom. The number of anilines is 4. The highest BCUT2D eigenvalue weighted by molar-refractivity contribution is 6.06. The molecule has 5 aromatic rings. The maximum atomic E-state index is 14.4. The Balaban J connectivity index is 1.42. The van der Waals surface area contributed by atoms with E-state index in [1.165, 1.54) is 26.6 Å². The SMILES string of the molecule is Cc1cccc(N(C(=O)N(C)CC(=O)N(CC(=O)N(C)c2ccccc2)c2cccc(OCC(N)=O)c2)c2cccc(OCc3ccccc3)c2)c1. The number of aryl methyl sites for hydroxylation is 1. The van der Waals surface area contributed by atoms with Crippen molar-refractivity contribution < 1.29 is 28.7 Å². The van der Waals surface area contributed by atoms with E-state index in [4.69, 9.17) is 15.2 Å². The zero-order valence-corrected chi connectivity index (χ0v) is 29.3. The molecule has 11 heteroatoms. The van der Waals surface area contributed by atoms with Crippen molar-refractivity contribution in [1.29, 1.82) is 0 Å². The van der Waals surface area contributed by atoms with Gasteiger partial charge in [0.1, 0.15) is 31.2 Å². The van der Waals surface area contributed by atoms with Crippen LogP contribution < -0.4 is 29.9 Å². The van der Waals surface area contributed by atoms with E-state index in [1.54, 1.807) is 61.6 Å². The lowest BCUT2D eigenvalue weighted by molar-refractivity contribution is -0.122. The number of ether oxygens (including phenoxy) is 2. The Hall–Kier alpha value is -6.62. The molecule has 5 rings (SSSR count). The summed E-state index contributed by atoms with van der Waals surface area (Å²) in [6, 6.07) is 39.5. The molecule has 0 bridgehead atoms. The van der Waals surface area contributed by atoms with Gasteiger partial charge in [0.2, 0.25) is 11.8 Å². The zero-order valence-electron chi connectivity index (χ0n) is 29.3. The van der Waals surface area contributed by atoms with Gasteiger partial charge in [0.15, 0.2) is 6.61 Å². The predicted octanol–water partition coefficient (Wildman–Crippen LogP) is 6.32. The van der Waals surface area contributed by atoms with E-state index in [-0.39, 0.29) is 31.4 Å².